The molecule has 0 aliphatic rings. The van der Waals surface area contributed by atoms with E-state index >= 15 is 0 Å². The summed E-state index contributed by atoms with van der Waals surface area (Å²) in [4.78, 5) is 4.21. The van der Waals surface area contributed by atoms with E-state index in [1.165, 1.54) is 5.56 Å². The number of aromatic nitrogens is 3. The van der Waals surface area contributed by atoms with Crippen LogP contribution in [0.2, 0.25) is 10.0 Å². The first-order valence-corrected chi connectivity index (χ1v) is 9.19. The van der Waals surface area contributed by atoms with Gasteiger partial charge in [-0.3, -0.25) is 5.32 Å². The molecule has 0 atom stereocenters. The normalized spacial score (nSPS) is 10.5. The molecule has 1 aromatic heterocycles. The van der Waals surface area contributed by atoms with Gasteiger partial charge in [0, 0.05) is 16.6 Å². The van der Waals surface area contributed by atoms with Gasteiger partial charge < -0.3 is 5.32 Å². The Bertz CT molecular complexity index is 882. The summed E-state index contributed by atoms with van der Waals surface area (Å²) in [6.45, 7) is 1.23. The van der Waals surface area contributed by atoms with Crippen LogP contribution < -0.4 is 10.6 Å². The number of hydrogen-bond donors (Lipinski definition) is 2. The molecule has 0 fully saturated rings. The summed E-state index contributed by atoms with van der Waals surface area (Å²) >= 11 is 17.4. The lowest BCUT2D eigenvalue weighted by Crippen LogP contribution is -2.30. The molecular formula is C18H17Cl2N5S. The van der Waals surface area contributed by atoms with Crippen LogP contribution >= 0.6 is 35.4 Å². The van der Waals surface area contributed by atoms with Crippen LogP contribution in [0.3, 0.4) is 0 Å². The monoisotopic (exact) mass is 405 g/mol. The molecule has 0 radical (unpaired) electrons. The quantitative estimate of drug-likeness (QED) is 0.602. The van der Waals surface area contributed by atoms with Crippen LogP contribution in [0.4, 0.5) is 5.95 Å². The van der Waals surface area contributed by atoms with Crippen molar-refractivity contribution in [2.24, 2.45) is 0 Å². The van der Waals surface area contributed by atoms with E-state index < -0.39 is 0 Å². The van der Waals surface area contributed by atoms with Gasteiger partial charge in [-0.1, -0.05) is 59.6 Å². The average Bonchev–Trinajstić information content (AvgIpc) is 3.05. The van der Waals surface area contributed by atoms with Crippen molar-refractivity contribution in [1.29, 1.82) is 0 Å². The summed E-state index contributed by atoms with van der Waals surface area (Å²) in [7, 11) is 0. The van der Waals surface area contributed by atoms with E-state index in [1.807, 2.05) is 24.3 Å². The molecule has 2 aromatic carbocycles. The number of hydrogen-bond acceptors (Lipinski definition) is 3. The zero-order chi connectivity index (χ0) is 18.4. The number of thiocarbonyl (C=S) groups is 1. The fourth-order valence-corrected chi connectivity index (χ4v) is 3.02. The van der Waals surface area contributed by atoms with Crippen LogP contribution in [0.25, 0.3) is 0 Å². The maximum atomic E-state index is 6.19. The van der Waals surface area contributed by atoms with Crippen molar-refractivity contribution in [2.75, 3.05) is 11.9 Å². The average molecular weight is 406 g/mol. The zero-order valence-electron chi connectivity index (χ0n) is 13.8. The molecule has 134 valence electrons. The molecule has 0 amide bonds. The first-order chi connectivity index (χ1) is 12.6. The molecule has 0 unspecified atom stereocenters. The van der Waals surface area contributed by atoms with Gasteiger partial charge in [-0.25, -0.2) is 9.67 Å². The van der Waals surface area contributed by atoms with E-state index in [1.54, 1.807) is 23.1 Å². The minimum Gasteiger partial charge on any atom is -0.362 e. The highest BCUT2D eigenvalue weighted by Gasteiger charge is 2.06. The minimum absolute atomic E-state index is 0.437. The van der Waals surface area contributed by atoms with Crippen LogP contribution in [0.1, 0.15) is 11.1 Å². The van der Waals surface area contributed by atoms with Crippen molar-refractivity contribution in [3.63, 3.8) is 0 Å². The van der Waals surface area contributed by atoms with E-state index in [9.17, 15) is 0 Å². The fourth-order valence-electron chi connectivity index (χ4n) is 2.36. The smallest absolute Gasteiger partial charge is 0.248 e. The molecule has 0 aliphatic heterocycles. The lowest BCUT2D eigenvalue weighted by Gasteiger charge is -2.08. The molecule has 3 aromatic rings. The molecule has 0 saturated carbocycles. The molecule has 5 nitrogen and oxygen atoms in total. The van der Waals surface area contributed by atoms with E-state index in [0.717, 1.165) is 18.5 Å². The minimum atomic E-state index is 0.437. The third-order valence-electron chi connectivity index (χ3n) is 3.65. The first-order valence-electron chi connectivity index (χ1n) is 8.02. The second-order valence-corrected chi connectivity index (χ2v) is 6.87. The molecule has 1 heterocycles. The van der Waals surface area contributed by atoms with Crippen LogP contribution in [0, 0.1) is 0 Å². The SMILES string of the molecule is S=C(NCCc1ccccc1)Nc1ncn(Cc2ccc(Cl)cc2Cl)n1. The molecule has 3 rings (SSSR count). The van der Waals surface area contributed by atoms with Gasteiger partial charge in [0.2, 0.25) is 5.95 Å². The second kappa shape index (κ2) is 8.98. The summed E-state index contributed by atoms with van der Waals surface area (Å²) in [5.74, 6) is 0.437. The maximum Gasteiger partial charge on any atom is 0.248 e. The van der Waals surface area contributed by atoms with Gasteiger partial charge in [-0.15, -0.1) is 5.10 Å². The molecule has 0 saturated heterocycles. The van der Waals surface area contributed by atoms with Crippen LogP contribution in [0.5, 0.6) is 0 Å². The molecule has 0 bridgehead atoms. The molecule has 26 heavy (non-hydrogen) atoms. The van der Waals surface area contributed by atoms with Gasteiger partial charge in [0.25, 0.3) is 0 Å². The number of nitrogens with one attached hydrogen (secondary N) is 2. The van der Waals surface area contributed by atoms with E-state index in [0.29, 0.717) is 27.7 Å². The Balaban J connectivity index is 1.49. The number of halogens is 2. The van der Waals surface area contributed by atoms with Gasteiger partial charge >= 0.3 is 0 Å². The topological polar surface area (TPSA) is 54.8 Å². The summed E-state index contributed by atoms with van der Waals surface area (Å²) < 4.78 is 1.68. The number of nitrogens with zero attached hydrogens (tertiary/aromatic N) is 3. The van der Waals surface area contributed by atoms with Crippen molar-refractivity contribution in [3.8, 4) is 0 Å². The van der Waals surface area contributed by atoms with E-state index in [2.05, 4.69) is 32.8 Å². The summed E-state index contributed by atoms with van der Waals surface area (Å²) in [5, 5.41) is 12.2. The second-order valence-electron chi connectivity index (χ2n) is 5.62. The highest BCUT2D eigenvalue weighted by atomic mass is 35.5. The van der Waals surface area contributed by atoms with Gasteiger partial charge in [-0.2, -0.15) is 0 Å². The Hall–Kier alpha value is -2.15. The molecule has 8 heteroatoms. The third kappa shape index (κ3) is 5.42. The van der Waals surface area contributed by atoms with Crippen molar-refractivity contribution in [1.82, 2.24) is 20.1 Å². The van der Waals surface area contributed by atoms with Crippen molar-refractivity contribution < 1.29 is 0 Å². The zero-order valence-corrected chi connectivity index (χ0v) is 16.2. The Morgan fingerprint density at radius 3 is 2.69 bits per heavy atom. The number of rotatable bonds is 6. The van der Waals surface area contributed by atoms with Crippen molar-refractivity contribution in [2.45, 2.75) is 13.0 Å². The van der Waals surface area contributed by atoms with Crippen LogP contribution in [0.15, 0.2) is 54.9 Å². The Morgan fingerprint density at radius 1 is 1.12 bits per heavy atom. The first kappa shape index (κ1) is 18.6. The highest BCUT2D eigenvalue weighted by molar-refractivity contribution is 7.80. The molecule has 0 spiro atoms. The van der Waals surface area contributed by atoms with Crippen LogP contribution in [-0.4, -0.2) is 26.4 Å². The third-order valence-corrected chi connectivity index (χ3v) is 4.48. The predicted molar refractivity (Wildman–Crippen MR) is 110 cm³/mol. The van der Waals surface area contributed by atoms with Gasteiger partial charge in [0.1, 0.15) is 6.33 Å². The van der Waals surface area contributed by atoms with Gasteiger partial charge in [0.05, 0.1) is 6.54 Å². The van der Waals surface area contributed by atoms with Gasteiger partial charge in [0.15, 0.2) is 5.11 Å². The molecule has 2 N–H and O–H groups in total. The Morgan fingerprint density at radius 2 is 1.92 bits per heavy atom. The van der Waals surface area contributed by atoms with Gasteiger partial charge in [-0.05, 0) is 41.9 Å². The summed E-state index contributed by atoms with van der Waals surface area (Å²) in [6.07, 6.45) is 2.51. The summed E-state index contributed by atoms with van der Waals surface area (Å²) in [5.41, 5.74) is 2.17. The molecular weight excluding hydrogens is 389 g/mol. The summed E-state index contributed by atoms with van der Waals surface area (Å²) in [6, 6.07) is 15.6. The predicted octanol–water partition coefficient (Wildman–Crippen LogP) is 4.16. The number of benzene rings is 2. The lowest BCUT2D eigenvalue weighted by molar-refractivity contribution is 0.687. The van der Waals surface area contributed by atoms with Crippen molar-refractivity contribution >= 4 is 46.5 Å². The Kier molecular flexibility index (Phi) is 6.44. The highest BCUT2D eigenvalue weighted by Crippen LogP contribution is 2.21. The molecule has 0 aliphatic carbocycles. The van der Waals surface area contributed by atoms with E-state index in [4.69, 9.17) is 35.4 Å². The van der Waals surface area contributed by atoms with Crippen LogP contribution in [-0.2, 0) is 13.0 Å². The lowest BCUT2D eigenvalue weighted by atomic mass is 10.1. The Labute approximate surface area is 167 Å². The largest absolute Gasteiger partial charge is 0.362 e. The maximum absolute atomic E-state index is 6.19. The fraction of sp³-hybridized carbons (Fsp3) is 0.167. The standard InChI is InChI=1S/C18H17Cl2N5S/c19-15-7-6-14(16(20)10-15)11-25-12-22-17(24-25)23-18(26)21-9-8-13-4-2-1-3-5-13/h1-7,10,12H,8-9,11H2,(H2,21,23,24,26). The van der Waals surface area contributed by atoms with Crippen molar-refractivity contribution in [3.05, 3.63) is 76.0 Å². The number of anilines is 1. The van der Waals surface area contributed by atoms with E-state index in [-0.39, 0.29) is 0 Å².